The quantitative estimate of drug-likeness (QED) is 0.535. The van der Waals surface area contributed by atoms with Gasteiger partial charge < -0.3 is 19.7 Å². The fourth-order valence-electron chi connectivity index (χ4n) is 2.89. The number of thiazole rings is 1. The van der Waals surface area contributed by atoms with Crippen molar-refractivity contribution in [2.24, 2.45) is 4.99 Å². The Morgan fingerprint density at radius 3 is 2.54 bits per heavy atom. The molecule has 1 aromatic heterocycles. The van der Waals surface area contributed by atoms with E-state index in [4.69, 9.17) is 14.5 Å². The molecule has 0 aliphatic heterocycles. The first-order valence-corrected chi connectivity index (χ1v) is 10.3. The molecule has 0 radical (unpaired) electrons. The summed E-state index contributed by atoms with van der Waals surface area (Å²) in [4.78, 5) is 11.6. The van der Waals surface area contributed by atoms with Crippen molar-refractivity contribution >= 4 is 17.3 Å². The van der Waals surface area contributed by atoms with Gasteiger partial charge in [0.1, 0.15) is 0 Å². The van der Waals surface area contributed by atoms with E-state index in [1.54, 1.807) is 25.6 Å². The molecule has 0 atom stereocenters. The van der Waals surface area contributed by atoms with Gasteiger partial charge in [-0.15, -0.1) is 11.3 Å². The van der Waals surface area contributed by atoms with E-state index in [9.17, 15) is 0 Å². The monoisotopic (exact) mass is 404 g/mol. The second-order valence-electron chi connectivity index (χ2n) is 7.34. The van der Waals surface area contributed by atoms with Crippen LogP contribution in [0.4, 0.5) is 0 Å². The Bertz CT molecular complexity index is 801. The number of nitrogens with one attached hydrogen (secondary N) is 1. The molecule has 1 heterocycles. The van der Waals surface area contributed by atoms with Crippen LogP contribution in [0.5, 0.6) is 11.5 Å². The van der Waals surface area contributed by atoms with Gasteiger partial charge in [-0.3, -0.25) is 4.99 Å². The lowest BCUT2D eigenvalue weighted by Gasteiger charge is -2.27. The maximum absolute atomic E-state index is 5.46. The molecule has 1 aromatic carbocycles. The van der Waals surface area contributed by atoms with E-state index in [0.717, 1.165) is 46.8 Å². The molecule has 0 aliphatic carbocycles. The Labute approximate surface area is 172 Å². The van der Waals surface area contributed by atoms with Gasteiger partial charge in [-0.05, 0) is 31.5 Å². The van der Waals surface area contributed by atoms with Crippen LogP contribution in [0.1, 0.15) is 37.0 Å². The van der Waals surface area contributed by atoms with Gasteiger partial charge in [0.15, 0.2) is 17.5 Å². The average Bonchev–Trinajstić information content (AvgIpc) is 3.08. The third-order valence-electron chi connectivity index (χ3n) is 4.55. The number of aromatic nitrogens is 1. The third-order valence-corrected chi connectivity index (χ3v) is 5.37. The number of hydrogen-bond acceptors (Lipinski definition) is 5. The second kappa shape index (κ2) is 9.78. The number of aliphatic imine (C=N–C) groups is 1. The van der Waals surface area contributed by atoms with E-state index < -0.39 is 0 Å². The Morgan fingerprint density at radius 2 is 1.96 bits per heavy atom. The molecule has 0 aliphatic rings. The highest BCUT2D eigenvalue weighted by molar-refractivity contribution is 7.09. The molecule has 154 valence electrons. The first-order chi connectivity index (χ1) is 13.3. The topological polar surface area (TPSA) is 59.0 Å². The predicted molar refractivity (Wildman–Crippen MR) is 117 cm³/mol. The molecule has 7 heteroatoms. The van der Waals surface area contributed by atoms with Gasteiger partial charge in [0.2, 0.25) is 0 Å². The minimum absolute atomic E-state index is 0.154. The van der Waals surface area contributed by atoms with Crippen LogP contribution in [0.3, 0.4) is 0 Å². The Balaban J connectivity index is 2.17. The molecule has 0 saturated carbocycles. The van der Waals surface area contributed by atoms with Crippen molar-refractivity contribution < 1.29 is 9.47 Å². The molecular formula is C21H32N4O2S. The van der Waals surface area contributed by atoms with Crippen molar-refractivity contribution in [3.05, 3.63) is 39.8 Å². The largest absolute Gasteiger partial charge is 0.493 e. The molecular weight excluding hydrogens is 372 g/mol. The van der Waals surface area contributed by atoms with Crippen LogP contribution < -0.4 is 14.8 Å². The van der Waals surface area contributed by atoms with Crippen molar-refractivity contribution in [1.82, 2.24) is 15.2 Å². The molecule has 0 amide bonds. The first-order valence-electron chi connectivity index (χ1n) is 9.43. The molecule has 0 fully saturated rings. The van der Waals surface area contributed by atoms with Crippen molar-refractivity contribution in [3.63, 3.8) is 0 Å². The van der Waals surface area contributed by atoms with E-state index in [-0.39, 0.29) is 5.41 Å². The normalized spacial score (nSPS) is 12.0. The summed E-state index contributed by atoms with van der Waals surface area (Å²) in [6.45, 7) is 10.7. The van der Waals surface area contributed by atoms with Crippen LogP contribution in [0, 0.1) is 6.92 Å². The lowest BCUT2D eigenvalue weighted by molar-refractivity contribution is 0.353. The minimum atomic E-state index is -0.154. The van der Waals surface area contributed by atoms with Crippen molar-refractivity contribution in [2.75, 3.05) is 34.4 Å². The average molecular weight is 405 g/mol. The van der Waals surface area contributed by atoms with Gasteiger partial charge in [-0.1, -0.05) is 19.9 Å². The fraction of sp³-hybridized carbons (Fsp3) is 0.524. The summed E-state index contributed by atoms with van der Waals surface area (Å²) in [5, 5.41) is 6.56. The van der Waals surface area contributed by atoms with Crippen LogP contribution in [-0.4, -0.2) is 50.2 Å². The Hall–Kier alpha value is -2.28. The lowest BCUT2D eigenvalue weighted by Crippen LogP contribution is -2.39. The third kappa shape index (κ3) is 5.61. The zero-order chi connectivity index (χ0) is 20.7. The highest BCUT2D eigenvalue weighted by Gasteiger charge is 2.23. The summed E-state index contributed by atoms with van der Waals surface area (Å²) in [6.07, 6.45) is 0. The van der Waals surface area contributed by atoms with Crippen LogP contribution >= 0.6 is 11.3 Å². The van der Waals surface area contributed by atoms with E-state index >= 15 is 0 Å². The smallest absolute Gasteiger partial charge is 0.194 e. The van der Waals surface area contributed by atoms with Crippen molar-refractivity contribution in [1.29, 1.82) is 0 Å². The van der Waals surface area contributed by atoms with Gasteiger partial charge in [-0.2, -0.15) is 0 Å². The van der Waals surface area contributed by atoms with Crippen LogP contribution in [-0.2, 0) is 12.0 Å². The maximum Gasteiger partial charge on any atom is 0.194 e. The van der Waals surface area contributed by atoms with Crippen LogP contribution in [0.15, 0.2) is 28.6 Å². The lowest BCUT2D eigenvalue weighted by atomic mass is 9.84. The standard InChI is InChI=1S/C21H32N4O2S/c1-8-22-20(25(5)12-17-13-28-15(2)24-17)23-14-21(3,4)16-9-10-18(26-6)19(11-16)27-7/h9-11,13H,8,12,14H2,1-7H3,(H,22,23). The molecule has 6 nitrogen and oxygen atoms in total. The van der Waals surface area contributed by atoms with Gasteiger partial charge in [-0.25, -0.2) is 4.98 Å². The number of methoxy groups -OCH3 is 2. The predicted octanol–water partition coefficient (Wildman–Crippen LogP) is 3.84. The van der Waals surface area contributed by atoms with Gasteiger partial charge in [0.05, 0.1) is 38.0 Å². The Kier molecular flexibility index (Phi) is 7.69. The summed E-state index contributed by atoms with van der Waals surface area (Å²) in [5.41, 5.74) is 2.07. The van der Waals surface area contributed by atoms with Crippen molar-refractivity contribution in [3.8, 4) is 11.5 Å². The van der Waals surface area contributed by atoms with E-state index in [1.807, 2.05) is 26.1 Å². The second-order valence-corrected chi connectivity index (χ2v) is 8.40. The fourth-order valence-corrected chi connectivity index (χ4v) is 3.49. The first kappa shape index (κ1) is 22.0. The summed E-state index contributed by atoms with van der Waals surface area (Å²) >= 11 is 1.67. The molecule has 28 heavy (non-hydrogen) atoms. The molecule has 2 rings (SSSR count). The molecule has 0 saturated heterocycles. The molecule has 1 N–H and O–H groups in total. The van der Waals surface area contributed by atoms with Gasteiger partial charge in [0, 0.05) is 24.4 Å². The summed E-state index contributed by atoms with van der Waals surface area (Å²) in [7, 11) is 5.35. The summed E-state index contributed by atoms with van der Waals surface area (Å²) in [5.74, 6) is 2.35. The highest BCUT2D eigenvalue weighted by atomic mass is 32.1. The van der Waals surface area contributed by atoms with E-state index in [1.165, 1.54) is 0 Å². The van der Waals surface area contributed by atoms with Crippen LogP contribution in [0.2, 0.25) is 0 Å². The number of nitrogens with zero attached hydrogens (tertiary/aromatic N) is 3. The number of benzene rings is 1. The maximum atomic E-state index is 5.46. The number of aryl methyl sites for hydroxylation is 1. The van der Waals surface area contributed by atoms with Gasteiger partial charge >= 0.3 is 0 Å². The zero-order valence-corrected chi connectivity index (χ0v) is 18.8. The Morgan fingerprint density at radius 1 is 1.25 bits per heavy atom. The van der Waals surface area contributed by atoms with Crippen LogP contribution in [0.25, 0.3) is 0 Å². The van der Waals surface area contributed by atoms with Crippen molar-refractivity contribution in [2.45, 2.75) is 39.7 Å². The zero-order valence-electron chi connectivity index (χ0n) is 18.0. The van der Waals surface area contributed by atoms with E-state index in [2.05, 4.69) is 47.4 Å². The van der Waals surface area contributed by atoms with E-state index in [0.29, 0.717) is 6.54 Å². The summed E-state index contributed by atoms with van der Waals surface area (Å²) < 4.78 is 10.8. The number of rotatable bonds is 8. The number of hydrogen-bond donors (Lipinski definition) is 1. The number of ether oxygens (including phenoxy) is 2. The number of guanidine groups is 1. The minimum Gasteiger partial charge on any atom is -0.493 e. The molecule has 2 aromatic rings. The highest BCUT2D eigenvalue weighted by Crippen LogP contribution is 2.33. The SMILES string of the molecule is CCNC(=NCC(C)(C)c1ccc(OC)c(OC)c1)N(C)Cc1csc(C)n1. The molecule has 0 unspecified atom stereocenters. The summed E-state index contributed by atoms with van der Waals surface area (Å²) in [6, 6.07) is 6.05. The molecule has 0 bridgehead atoms. The van der Waals surface area contributed by atoms with Gasteiger partial charge in [0.25, 0.3) is 0 Å². The molecule has 0 spiro atoms.